The molecule has 0 aliphatic rings. The number of aliphatic hydroxyl groups excluding tert-OH is 1. The highest BCUT2D eigenvalue weighted by atomic mass is 16.4. The molecule has 182 valence electrons. The van der Waals surface area contributed by atoms with Crippen molar-refractivity contribution in [2.45, 2.75) is 63.4 Å². The van der Waals surface area contributed by atoms with Gasteiger partial charge in [-0.2, -0.15) is 0 Å². The Balaban J connectivity index is 3.00. The normalized spacial score (nSPS) is 15.3. The topological polar surface area (TPSA) is 214 Å². The van der Waals surface area contributed by atoms with Crippen molar-refractivity contribution in [3.63, 3.8) is 0 Å². The van der Waals surface area contributed by atoms with Crippen LogP contribution in [0.2, 0.25) is 0 Å². The van der Waals surface area contributed by atoms with Crippen LogP contribution in [-0.2, 0) is 30.4 Å². The van der Waals surface area contributed by atoms with Gasteiger partial charge in [0.05, 0.1) is 12.1 Å². The third kappa shape index (κ3) is 9.66. The van der Waals surface area contributed by atoms with Crippen LogP contribution in [0.1, 0.15) is 32.3 Å². The quantitative estimate of drug-likeness (QED) is 0.169. The van der Waals surface area contributed by atoms with E-state index in [2.05, 4.69) is 16.0 Å². The lowest BCUT2D eigenvalue weighted by Gasteiger charge is -2.26. The molecule has 0 aliphatic carbocycles. The number of carboxylic acid groups (broad SMARTS) is 1. The van der Waals surface area contributed by atoms with Crippen molar-refractivity contribution >= 4 is 29.6 Å². The fourth-order valence-corrected chi connectivity index (χ4v) is 2.79. The summed E-state index contributed by atoms with van der Waals surface area (Å²) in [4.78, 5) is 59.8. The van der Waals surface area contributed by atoms with Crippen LogP contribution in [0.15, 0.2) is 30.3 Å². The van der Waals surface area contributed by atoms with Crippen LogP contribution in [0.3, 0.4) is 0 Å². The van der Waals surface area contributed by atoms with Gasteiger partial charge in [-0.15, -0.1) is 0 Å². The fourth-order valence-electron chi connectivity index (χ4n) is 2.79. The predicted octanol–water partition coefficient (Wildman–Crippen LogP) is -2.24. The van der Waals surface area contributed by atoms with E-state index in [1.165, 1.54) is 13.8 Å². The van der Waals surface area contributed by atoms with Gasteiger partial charge in [0.25, 0.3) is 0 Å². The van der Waals surface area contributed by atoms with E-state index in [9.17, 15) is 29.1 Å². The molecule has 9 N–H and O–H groups in total. The van der Waals surface area contributed by atoms with E-state index in [0.717, 1.165) is 0 Å². The first-order valence-corrected chi connectivity index (χ1v) is 10.3. The monoisotopic (exact) mass is 465 g/mol. The Morgan fingerprint density at radius 1 is 0.939 bits per heavy atom. The van der Waals surface area contributed by atoms with Crippen molar-refractivity contribution in [3.8, 4) is 0 Å². The summed E-state index contributed by atoms with van der Waals surface area (Å²) in [5, 5.41) is 26.0. The summed E-state index contributed by atoms with van der Waals surface area (Å²) < 4.78 is 0. The number of rotatable bonds is 13. The summed E-state index contributed by atoms with van der Waals surface area (Å²) in [6, 6.07) is 3.71. The third-order valence-corrected chi connectivity index (χ3v) is 4.75. The largest absolute Gasteiger partial charge is 0.480 e. The molecule has 0 aliphatic heterocycles. The second kappa shape index (κ2) is 13.1. The molecule has 0 aromatic heterocycles. The minimum atomic E-state index is -1.47. The SMILES string of the molecule is CC(NC(=O)C(NC(=O)C(Cc1ccccc1)NC(=O)C(N)CCC(N)=O)C(C)O)C(=O)O. The van der Waals surface area contributed by atoms with Crippen LogP contribution in [0.4, 0.5) is 0 Å². The number of benzene rings is 1. The predicted molar refractivity (Wildman–Crippen MR) is 117 cm³/mol. The minimum Gasteiger partial charge on any atom is -0.480 e. The van der Waals surface area contributed by atoms with Gasteiger partial charge >= 0.3 is 5.97 Å². The first-order chi connectivity index (χ1) is 15.4. The maximum Gasteiger partial charge on any atom is 0.325 e. The number of aliphatic hydroxyl groups is 1. The number of carbonyl (C=O) groups excluding carboxylic acids is 4. The zero-order valence-corrected chi connectivity index (χ0v) is 18.5. The number of carbonyl (C=O) groups is 5. The summed E-state index contributed by atoms with van der Waals surface area (Å²) >= 11 is 0. The molecule has 12 heteroatoms. The molecular formula is C21H31N5O7. The molecule has 0 heterocycles. The van der Waals surface area contributed by atoms with Crippen LogP contribution < -0.4 is 27.4 Å². The molecule has 1 rings (SSSR count). The number of nitrogens with one attached hydrogen (secondary N) is 3. The van der Waals surface area contributed by atoms with E-state index in [1.807, 2.05) is 0 Å². The van der Waals surface area contributed by atoms with Gasteiger partial charge in [0.15, 0.2) is 0 Å². The first-order valence-electron chi connectivity index (χ1n) is 10.3. The van der Waals surface area contributed by atoms with Crippen molar-refractivity contribution < 1.29 is 34.2 Å². The molecule has 1 aromatic carbocycles. The summed E-state index contributed by atoms with van der Waals surface area (Å²) in [6.07, 6.45) is -1.45. The van der Waals surface area contributed by atoms with Gasteiger partial charge in [0.1, 0.15) is 18.1 Å². The number of aliphatic carboxylic acids is 1. The molecule has 5 unspecified atom stereocenters. The molecule has 0 saturated carbocycles. The molecule has 33 heavy (non-hydrogen) atoms. The van der Waals surface area contributed by atoms with Gasteiger partial charge in [-0.1, -0.05) is 30.3 Å². The number of carboxylic acids is 1. The standard InChI is InChI=1S/C21H31N5O7/c1-11(21(32)33)24-20(31)17(12(2)27)26-19(30)15(10-13-6-4-3-5-7-13)25-18(29)14(22)8-9-16(23)28/h3-7,11-12,14-15,17,27H,8-10,22H2,1-2H3,(H2,23,28)(H,24,31)(H,25,29)(H,26,30)(H,32,33). The summed E-state index contributed by atoms with van der Waals surface area (Å²) in [5.74, 6) is -4.32. The molecule has 12 nitrogen and oxygen atoms in total. The van der Waals surface area contributed by atoms with Gasteiger partial charge < -0.3 is 37.6 Å². The Labute approximate surface area is 191 Å². The maximum atomic E-state index is 13.0. The summed E-state index contributed by atoms with van der Waals surface area (Å²) in [6.45, 7) is 2.48. The number of amides is 4. The number of hydrogen-bond acceptors (Lipinski definition) is 7. The zero-order chi connectivity index (χ0) is 25.1. The molecule has 0 saturated heterocycles. The summed E-state index contributed by atoms with van der Waals surface area (Å²) in [7, 11) is 0. The second-order valence-corrected chi connectivity index (χ2v) is 7.66. The highest BCUT2D eigenvalue weighted by Gasteiger charge is 2.32. The second-order valence-electron chi connectivity index (χ2n) is 7.66. The molecule has 0 spiro atoms. The molecule has 4 amide bonds. The highest BCUT2D eigenvalue weighted by molar-refractivity contribution is 5.94. The molecular weight excluding hydrogens is 434 g/mol. The van der Waals surface area contributed by atoms with Crippen molar-refractivity contribution in [2.75, 3.05) is 0 Å². The molecule has 0 bridgehead atoms. The first kappa shape index (κ1) is 27.5. The van der Waals surface area contributed by atoms with Gasteiger partial charge in [-0.3, -0.25) is 24.0 Å². The average Bonchev–Trinajstić information content (AvgIpc) is 2.75. The summed E-state index contributed by atoms with van der Waals surface area (Å²) in [5.41, 5.74) is 11.5. The van der Waals surface area contributed by atoms with E-state index in [4.69, 9.17) is 16.6 Å². The third-order valence-electron chi connectivity index (χ3n) is 4.75. The average molecular weight is 466 g/mol. The smallest absolute Gasteiger partial charge is 0.325 e. The van der Waals surface area contributed by atoms with Crippen molar-refractivity contribution in [1.82, 2.24) is 16.0 Å². The number of primary amides is 1. The Morgan fingerprint density at radius 3 is 2.06 bits per heavy atom. The number of hydrogen-bond donors (Lipinski definition) is 7. The highest BCUT2D eigenvalue weighted by Crippen LogP contribution is 2.06. The van der Waals surface area contributed by atoms with Crippen LogP contribution in [0, 0.1) is 0 Å². The molecule has 1 aromatic rings. The van der Waals surface area contributed by atoms with Crippen LogP contribution in [-0.4, -0.2) is 70.1 Å². The maximum absolute atomic E-state index is 13.0. The molecule has 5 atom stereocenters. The fraction of sp³-hybridized carbons (Fsp3) is 0.476. The zero-order valence-electron chi connectivity index (χ0n) is 18.5. The lowest BCUT2D eigenvalue weighted by atomic mass is 10.0. The molecule has 0 fully saturated rings. The van der Waals surface area contributed by atoms with E-state index < -0.39 is 59.9 Å². The van der Waals surface area contributed by atoms with Crippen molar-refractivity contribution in [2.24, 2.45) is 11.5 Å². The Kier molecular flexibility index (Phi) is 11.0. The van der Waals surface area contributed by atoms with Gasteiger partial charge in [0, 0.05) is 12.8 Å². The number of nitrogens with two attached hydrogens (primary N) is 2. The lowest BCUT2D eigenvalue weighted by molar-refractivity contribution is -0.142. The Morgan fingerprint density at radius 2 is 1.55 bits per heavy atom. The van der Waals surface area contributed by atoms with E-state index in [-0.39, 0.29) is 19.3 Å². The van der Waals surface area contributed by atoms with Crippen LogP contribution in [0.25, 0.3) is 0 Å². The van der Waals surface area contributed by atoms with Crippen molar-refractivity contribution in [3.05, 3.63) is 35.9 Å². The lowest BCUT2D eigenvalue weighted by Crippen LogP contribution is -2.60. The van der Waals surface area contributed by atoms with Crippen molar-refractivity contribution in [1.29, 1.82) is 0 Å². The van der Waals surface area contributed by atoms with E-state index in [0.29, 0.717) is 5.56 Å². The van der Waals surface area contributed by atoms with Gasteiger partial charge in [0.2, 0.25) is 23.6 Å². The van der Waals surface area contributed by atoms with E-state index >= 15 is 0 Å². The Hall–Kier alpha value is -3.51. The van der Waals surface area contributed by atoms with E-state index in [1.54, 1.807) is 30.3 Å². The van der Waals surface area contributed by atoms with Gasteiger partial charge in [-0.25, -0.2) is 0 Å². The van der Waals surface area contributed by atoms with Crippen LogP contribution >= 0.6 is 0 Å². The van der Waals surface area contributed by atoms with Gasteiger partial charge in [-0.05, 0) is 25.8 Å². The molecule has 0 radical (unpaired) electrons. The van der Waals surface area contributed by atoms with Crippen LogP contribution in [0.5, 0.6) is 0 Å². The minimum absolute atomic E-state index is 0.0212. The Bertz CT molecular complexity index is 847.